The number of rotatable bonds is 5. The number of methoxy groups -OCH3 is 1. The molecule has 1 N–H and O–H groups in total. The van der Waals surface area contributed by atoms with Crippen LogP contribution in [0.2, 0.25) is 0 Å². The van der Waals surface area contributed by atoms with Crippen LogP contribution in [0.15, 0.2) is 0 Å². The summed E-state index contributed by atoms with van der Waals surface area (Å²) in [6, 6.07) is 0. The minimum atomic E-state index is 0.0753. The largest absolute Gasteiger partial charge is 0.481 e. The third kappa shape index (κ3) is 3.33. The lowest BCUT2D eigenvalue weighted by atomic mass is 9.94. The molecule has 2 aromatic rings. The van der Waals surface area contributed by atoms with E-state index in [1.807, 2.05) is 25.6 Å². The molecule has 0 spiro atoms. The SMILES string of the molecule is COc1nc(C)nc(NC[C@H]2CCO[C@@H]2c2c(C)nn(C)c2C)c1C. The summed E-state index contributed by atoms with van der Waals surface area (Å²) in [7, 11) is 3.61. The van der Waals surface area contributed by atoms with Gasteiger partial charge in [0.25, 0.3) is 0 Å². The van der Waals surface area contributed by atoms with Crippen molar-refractivity contribution in [3.8, 4) is 5.88 Å². The number of anilines is 1. The van der Waals surface area contributed by atoms with Gasteiger partial charge in [0.05, 0.1) is 24.5 Å². The van der Waals surface area contributed by atoms with E-state index in [4.69, 9.17) is 9.47 Å². The summed E-state index contributed by atoms with van der Waals surface area (Å²) in [6.07, 6.45) is 1.09. The highest BCUT2D eigenvalue weighted by Crippen LogP contribution is 2.37. The molecule has 136 valence electrons. The smallest absolute Gasteiger partial charge is 0.221 e. The molecule has 1 saturated heterocycles. The van der Waals surface area contributed by atoms with E-state index >= 15 is 0 Å². The topological polar surface area (TPSA) is 74.1 Å². The Bertz CT molecular complexity index is 771. The van der Waals surface area contributed by atoms with Crippen molar-refractivity contribution in [1.82, 2.24) is 19.7 Å². The molecular weight excluding hydrogens is 318 g/mol. The number of hydrogen-bond donors (Lipinski definition) is 1. The van der Waals surface area contributed by atoms with E-state index in [1.54, 1.807) is 7.11 Å². The van der Waals surface area contributed by atoms with E-state index in [9.17, 15) is 0 Å². The zero-order valence-electron chi connectivity index (χ0n) is 15.9. The van der Waals surface area contributed by atoms with Crippen molar-refractivity contribution < 1.29 is 9.47 Å². The van der Waals surface area contributed by atoms with Crippen molar-refractivity contribution in [1.29, 1.82) is 0 Å². The number of nitrogens with zero attached hydrogens (tertiary/aromatic N) is 4. The van der Waals surface area contributed by atoms with E-state index in [1.165, 1.54) is 11.3 Å². The summed E-state index contributed by atoms with van der Waals surface area (Å²) < 4.78 is 13.3. The van der Waals surface area contributed by atoms with Gasteiger partial charge in [0, 0.05) is 37.4 Å². The minimum absolute atomic E-state index is 0.0753. The monoisotopic (exact) mass is 345 g/mol. The van der Waals surface area contributed by atoms with E-state index in [0.717, 1.165) is 36.6 Å². The molecule has 0 aliphatic carbocycles. The predicted molar refractivity (Wildman–Crippen MR) is 96.0 cm³/mol. The van der Waals surface area contributed by atoms with Gasteiger partial charge in [-0.15, -0.1) is 0 Å². The Kier molecular flexibility index (Phi) is 4.94. The van der Waals surface area contributed by atoms with Crippen molar-refractivity contribution in [2.75, 3.05) is 25.6 Å². The second-order valence-electron chi connectivity index (χ2n) is 6.68. The van der Waals surface area contributed by atoms with Crippen LogP contribution < -0.4 is 10.1 Å². The summed E-state index contributed by atoms with van der Waals surface area (Å²) in [4.78, 5) is 8.83. The Hall–Kier alpha value is -2.15. The molecule has 1 aliphatic rings. The van der Waals surface area contributed by atoms with Gasteiger partial charge in [0.1, 0.15) is 11.6 Å². The first-order valence-electron chi connectivity index (χ1n) is 8.67. The van der Waals surface area contributed by atoms with Gasteiger partial charge in [-0.1, -0.05) is 0 Å². The first-order valence-corrected chi connectivity index (χ1v) is 8.67. The van der Waals surface area contributed by atoms with Gasteiger partial charge < -0.3 is 14.8 Å². The first kappa shape index (κ1) is 17.7. The van der Waals surface area contributed by atoms with Crippen LogP contribution in [0.1, 0.15) is 40.9 Å². The Labute approximate surface area is 148 Å². The molecule has 0 saturated carbocycles. The highest BCUT2D eigenvalue weighted by Gasteiger charge is 2.33. The summed E-state index contributed by atoms with van der Waals surface area (Å²) >= 11 is 0. The summed E-state index contributed by atoms with van der Waals surface area (Å²) in [6.45, 7) is 9.56. The molecule has 0 amide bonds. The normalized spacial score (nSPS) is 20.1. The van der Waals surface area contributed by atoms with Crippen LogP contribution >= 0.6 is 0 Å². The molecule has 0 unspecified atom stereocenters. The lowest BCUT2D eigenvalue weighted by Crippen LogP contribution is -2.20. The van der Waals surface area contributed by atoms with Crippen LogP contribution in [0.3, 0.4) is 0 Å². The zero-order valence-corrected chi connectivity index (χ0v) is 15.9. The van der Waals surface area contributed by atoms with Crippen LogP contribution in [0.25, 0.3) is 0 Å². The molecular formula is C18H27N5O2. The average Bonchev–Trinajstić information content (AvgIpc) is 3.12. The van der Waals surface area contributed by atoms with Crippen molar-refractivity contribution in [2.24, 2.45) is 13.0 Å². The summed E-state index contributed by atoms with van der Waals surface area (Å²) in [5.41, 5.74) is 4.37. The number of nitrogens with one attached hydrogen (secondary N) is 1. The summed E-state index contributed by atoms with van der Waals surface area (Å²) in [5.74, 6) is 2.52. The van der Waals surface area contributed by atoms with Gasteiger partial charge in [0.15, 0.2) is 0 Å². The van der Waals surface area contributed by atoms with Gasteiger partial charge in [0.2, 0.25) is 5.88 Å². The molecule has 7 nitrogen and oxygen atoms in total. The molecule has 2 atom stereocenters. The second kappa shape index (κ2) is 7.00. The Morgan fingerprint density at radius 3 is 2.64 bits per heavy atom. The Morgan fingerprint density at radius 2 is 2.00 bits per heavy atom. The molecule has 0 radical (unpaired) electrons. The van der Waals surface area contributed by atoms with Crippen LogP contribution in [-0.4, -0.2) is 40.0 Å². The predicted octanol–water partition coefficient (Wildman–Crippen LogP) is 2.64. The molecule has 0 bridgehead atoms. The van der Waals surface area contributed by atoms with Crippen molar-refractivity contribution >= 4 is 5.82 Å². The quantitative estimate of drug-likeness (QED) is 0.898. The maximum absolute atomic E-state index is 6.06. The number of ether oxygens (including phenoxy) is 2. The molecule has 3 heterocycles. The maximum atomic E-state index is 6.06. The highest BCUT2D eigenvalue weighted by atomic mass is 16.5. The number of hydrogen-bond acceptors (Lipinski definition) is 6. The third-order valence-corrected chi connectivity index (χ3v) is 5.00. The molecule has 1 aliphatic heterocycles. The van der Waals surface area contributed by atoms with E-state index < -0.39 is 0 Å². The lowest BCUT2D eigenvalue weighted by Gasteiger charge is -2.21. The van der Waals surface area contributed by atoms with Crippen molar-refractivity contribution in [3.63, 3.8) is 0 Å². The van der Waals surface area contributed by atoms with Crippen LogP contribution in [-0.2, 0) is 11.8 Å². The summed E-state index contributed by atoms with van der Waals surface area (Å²) in [5, 5.41) is 8.01. The molecule has 1 fully saturated rings. The van der Waals surface area contributed by atoms with Gasteiger partial charge in [-0.05, 0) is 34.1 Å². The fourth-order valence-electron chi connectivity index (χ4n) is 3.57. The number of aryl methyl sites for hydroxylation is 3. The van der Waals surface area contributed by atoms with Crippen LogP contribution in [0.5, 0.6) is 5.88 Å². The average molecular weight is 345 g/mol. The Balaban J connectivity index is 1.78. The van der Waals surface area contributed by atoms with Crippen LogP contribution in [0, 0.1) is 33.6 Å². The first-order chi connectivity index (χ1) is 11.9. The molecule has 0 aromatic carbocycles. The van der Waals surface area contributed by atoms with Crippen molar-refractivity contribution in [3.05, 3.63) is 28.3 Å². The molecule has 25 heavy (non-hydrogen) atoms. The standard InChI is InChI=1S/C18H27N5O2/c1-10-17(20-13(4)21-18(10)24-6)19-9-14-7-8-25-16(14)15-11(2)22-23(5)12(15)3/h14,16H,7-9H2,1-6H3,(H,19,20,21)/t14-,16+/m1/s1. The van der Waals surface area contributed by atoms with Gasteiger partial charge in [-0.25, -0.2) is 4.98 Å². The highest BCUT2D eigenvalue weighted by molar-refractivity contribution is 5.48. The van der Waals surface area contributed by atoms with Crippen LogP contribution in [0.4, 0.5) is 5.82 Å². The van der Waals surface area contributed by atoms with Crippen molar-refractivity contribution in [2.45, 2.75) is 40.2 Å². The van der Waals surface area contributed by atoms with E-state index in [0.29, 0.717) is 17.6 Å². The van der Waals surface area contributed by atoms with Gasteiger partial charge in [-0.2, -0.15) is 10.1 Å². The van der Waals surface area contributed by atoms with E-state index in [2.05, 4.69) is 34.2 Å². The lowest BCUT2D eigenvalue weighted by molar-refractivity contribution is 0.0922. The second-order valence-corrected chi connectivity index (χ2v) is 6.68. The minimum Gasteiger partial charge on any atom is -0.481 e. The van der Waals surface area contributed by atoms with E-state index in [-0.39, 0.29) is 6.10 Å². The molecule has 3 rings (SSSR count). The molecule has 7 heteroatoms. The zero-order chi connectivity index (χ0) is 18.1. The number of aromatic nitrogens is 4. The molecule has 2 aromatic heterocycles. The third-order valence-electron chi connectivity index (χ3n) is 5.00. The van der Waals surface area contributed by atoms with Gasteiger partial charge >= 0.3 is 0 Å². The fourth-order valence-corrected chi connectivity index (χ4v) is 3.57. The Morgan fingerprint density at radius 1 is 1.24 bits per heavy atom. The fraction of sp³-hybridized carbons (Fsp3) is 0.611. The maximum Gasteiger partial charge on any atom is 0.221 e. The van der Waals surface area contributed by atoms with Gasteiger partial charge in [-0.3, -0.25) is 4.68 Å².